The van der Waals surface area contributed by atoms with E-state index in [1.807, 2.05) is 35.6 Å². The Bertz CT molecular complexity index is 954. The summed E-state index contributed by atoms with van der Waals surface area (Å²) in [7, 11) is 0. The standard InChI is InChI=1S/C21H19N3O6/c25-17(23-21(29)22-12-14-6-2-1-3-7-14)13-30-18(26)10-11-24-19(27)15-8-4-5-9-16(15)20(24)28/h1-9H,10-13H2,(H2,22,23,25,29). The van der Waals surface area contributed by atoms with E-state index in [9.17, 15) is 24.0 Å². The summed E-state index contributed by atoms with van der Waals surface area (Å²) in [6.45, 7) is -0.579. The van der Waals surface area contributed by atoms with Crippen LogP contribution in [0.1, 0.15) is 32.7 Å². The lowest BCUT2D eigenvalue weighted by Crippen LogP contribution is -2.41. The van der Waals surface area contributed by atoms with Crippen molar-refractivity contribution >= 4 is 29.7 Å². The van der Waals surface area contributed by atoms with Gasteiger partial charge in [-0.05, 0) is 17.7 Å². The van der Waals surface area contributed by atoms with Gasteiger partial charge in [0.15, 0.2) is 6.61 Å². The molecule has 0 fully saturated rings. The van der Waals surface area contributed by atoms with Gasteiger partial charge in [0.25, 0.3) is 17.7 Å². The SMILES string of the molecule is O=C(COC(=O)CCN1C(=O)c2ccccc2C1=O)NC(=O)NCc1ccccc1. The molecule has 0 unspecified atom stereocenters. The Morgan fingerprint density at radius 2 is 1.47 bits per heavy atom. The minimum absolute atomic E-state index is 0.162. The maximum atomic E-state index is 12.2. The second kappa shape index (κ2) is 9.46. The number of urea groups is 1. The van der Waals surface area contributed by atoms with Gasteiger partial charge in [-0.25, -0.2) is 4.79 Å². The van der Waals surface area contributed by atoms with Gasteiger partial charge >= 0.3 is 12.0 Å². The molecule has 0 atom stereocenters. The third kappa shape index (κ3) is 5.07. The highest BCUT2D eigenvalue weighted by Gasteiger charge is 2.35. The lowest BCUT2D eigenvalue weighted by Gasteiger charge is -2.13. The number of nitrogens with one attached hydrogen (secondary N) is 2. The third-order valence-corrected chi connectivity index (χ3v) is 4.33. The topological polar surface area (TPSA) is 122 Å². The Balaban J connectivity index is 1.36. The van der Waals surface area contributed by atoms with E-state index >= 15 is 0 Å². The number of nitrogens with zero attached hydrogens (tertiary/aromatic N) is 1. The van der Waals surface area contributed by atoms with E-state index in [1.165, 1.54) is 0 Å². The van der Waals surface area contributed by atoms with Crippen molar-refractivity contribution in [2.45, 2.75) is 13.0 Å². The monoisotopic (exact) mass is 409 g/mol. The maximum absolute atomic E-state index is 12.2. The molecule has 2 aromatic rings. The molecule has 9 nitrogen and oxygen atoms in total. The Kier molecular flexibility index (Phi) is 6.53. The van der Waals surface area contributed by atoms with Gasteiger partial charge in [0.1, 0.15) is 0 Å². The molecule has 3 rings (SSSR count). The second-order valence-corrected chi connectivity index (χ2v) is 6.43. The number of hydrogen-bond donors (Lipinski definition) is 2. The van der Waals surface area contributed by atoms with Crippen LogP contribution < -0.4 is 10.6 Å². The minimum atomic E-state index is -0.797. The lowest BCUT2D eigenvalue weighted by molar-refractivity contribution is -0.148. The summed E-state index contributed by atoms with van der Waals surface area (Å²) < 4.78 is 4.79. The predicted octanol–water partition coefficient (Wildman–Crippen LogP) is 1.24. The van der Waals surface area contributed by atoms with Crippen LogP contribution in [0.3, 0.4) is 0 Å². The van der Waals surface area contributed by atoms with Crippen LogP contribution in [-0.2, 0) is 20.9 Å². The van der Waals surface area contributed by atoms with Crippen LogP contribution in [0, 0.1) is 0 Å². The fraction of sp³-hybridized carbons (Fsp3) is 0.190. The molecule has 2 aromatic carbocycles. The van der Waals surface area contributed by atoms with Crippen molar-refractivity contribution in [2.24, 2.45) is 0 Å². The molecule has 1 heterocycles. The second-order valence-electron chi connectivity index (χ2n) is 6.43. The Hall–Kier alpha value is -4.01. The van der Waals surface area contributed by atoms with Crippen LogP contribution in [0.5, 0.6) is 0 Å². The summed E-state index contributed by atoms with van der Waals surface area (Å²) in [5.41, 5.74) is 1.44. The molecule has 0 saturated heterocycles. The number of hydrogen-bond acceptors (Lipinski definition) is 6. The first-order valence-corrected chi connectivity index (χ1v) is 9.18. The van der Waals surface area contributed by atoms with E-state index in [4.69, 9.17) is 4.74 Å². The van der Waals surface area contributed by atoms with E-state index in [2.05, 4.69) is 5.32 Å². The number of rotatable bonds is 7. The van der Waals surface area contributed by atoms with Gasteiger partial charge in [-0.2, -0.15) is 0 Å². The van der Waals surface area contributed by atoms with Crippen molar-refractivity contribution in [1.29, 1.82) is 0 Å². The molecule has 0 aliphatic carbocycles. The van der Waals surface area contributed by atoms with Gasteiger partial charge in [0.2, 0.25) is 0 Å². The molecule has 9 heteroatoms. The first kappa shape index (κ1) is 20.7. The van der Waals surface area contributed by atoms with Crippen LogP contribution in [0.2, 0.25) is 0 Å². The first-order valence-electron chi connectivity index (χ1n) is 9.18. The number of carbonyl (C=O) groups excluding carboxylic acids is 5. The van der Waals surface area contributed by atoms with Gasteiger partial charge in [-0.1, -0.05) is 42.5 Å². The normalized spacial score (nSPS) is 12.3. The van der Waals surface area contributed by atoms with Gasteiger partial charge < -0.3 is 10.1 Å². The van der Waals surface area contributed by atoms with Crippen molar-refractivity contribution in [3.8, 4) is 0 Å². The van der Waals surface area contributed by atoms with E-state index in [-0.39, 0.29) is 30.6 Å². The Morgan fingerprint density at radius 3 is 2.10 bits per heavy atom. The molecule has 1 aliphatic heterocycles. The largest absolute Gasteiger partial charge is 0.456 e. The smallest absolute Gasteiger partial charge is 0.321 e. The molecule has 0 spiro atoms. The molecule has 0 radical (unpaired) electrons. The summed E-state index contributed by atoms with van der Waals surface area (Å²) in [6, 6.07) is 14.8. The average molecular weight is 409 g/mol. The predicted molar refractivity (Wildman–Crippen MR) is 104 cm³/mol. The lowest BCUT2D eigenvalue weighted by atomic mass is 10.1. The van der Waals surface area contributed by atoms with Gasteiger partial charge in [-0.15, -0.1) is 0 Å². The Morgan fingerprint density at radius 1 is 0.867 bits per heavy atom. The van der Waals surface area contributed by atoms with Crippen LogP contribution in [0.25, 0.3) is 0 Å². The highest BCUT2D eigenvalue weighted by molar-refractivity contribution is 6.21. The van der Waals surface area contributed by atoms with Crippen LogP contribution >= 0.6 is 0 Å². The molecular weight excluding hydrogens is 390 g/mol. The van der Waals surface area contributed by atoms with Crippen LogP contribution in [-0.4, -0.2) is 47.8 Å². The molecule has 154 valence electrons. The van der Waals surface area contributed by atoms with Gasteiger partial charge in [0.05, 0.1) is 17.5 Å². The first-order chi connectivity index (χ1) is 14.5. The summed E-state index contributed by atoms with van der Waals surface area (Å²) in [6.07, 6.45) is -0.265. The molecule has 1 aliphatic rings. The molecule has 0 bridgehead atoms. The summed E-state index contributed by atoms with van der Waals surface area (Å²) in [4.78, 5) is 60.6. The van der Waals surface area contributed by atoms with Crippen molar-refractivity contribution in [2.75, 3.05) is 13.2 Å². The number of esters is 1. The Labute approximate surface area is 172 Å². The molecule has 0 saturated carbocycles. The van der Waals surface area contributed by atoms with E-state index in [0.29, 0.717) is 0 Å². The van der Waals surface area contributed by atoms with Crippen LogP contribution in [0.4, 0.5) is 4.79 Å². The van der Waals surface area contributed by atoms with Crippen molar-refractivity contribution in [3.63, 3.8) is 0 Å². The zero-order chi connectivity index (χ0) is 21.5. The van der Waals surface area contributed by atoms with E-state index < -0.39 is 36.3 Å². The van der Waals surface area contributed by atoms with Gasteiger partial charge in [0, 0.05) is 13.1 Å². The molecule has 30 heavy (non-hydrogen) atoms. The number of carbonyl (C=O) groups is 5. The van der Waals surface area contributed by atoms with Crippen LogP contribution in [0.15, 0.2) is 54.6 Å². The van der Waals surface area contributed by atoms with Crippen molar-refractivity contribution < 1.29 is 28.7 Å². The highest BCUT2D eigenvalue weighted by atomic mass is 16.5. The number of fused-ring (bicyclic) bond motifs is 1. The van der Waals surface area contributed by atoms with Crippen molar-refractivity contribution in [3.05, 3.63) is 71.3 Å². The van der Waals surface area contributed by atoms with Crippen molar-refractivity contribution in [1.82, 2.24) is 15.5 Å². The average Bonchev–Trinajstić information content (AvgIpc) is 3.00. The number of ether oxygens (including phenoxy) is 1. The number of imide groups is 2. The fourth-order valence-corrected chi connectivity index (χ4v) is 2.85. The molecule has 2 N–H and O–H groups in total. The summed E-state index contributed by atoms with van der Waals surface area (Å²) in [5.74, 6) is -2.52. The maximum Gasteiger partial charge on any atom is 0.321 e. The van der Waals surface area contributed by atoms with E-state index in [1.54, 1.807) is 24.3 Å². The number of benzene rings is 2. The molecule has 5 amide bonds. The zero-order valence-electron chi connectivity index (χ0n) is 15.9. The number of amides is 5. The quantitative estimate of drug-likeness (QED) is 0.524. The zero-order valence-corrected chi connectivity index (χ0v) is 15.9. The van der Waals surface area contributed by atoms with Gasteiger partial charge in [-0.3, -0.25) is 29.4 Å². The summed E-state index contributed by atoms with van der Waals surface area (Å²) in [5, 5.41) is 4.55. The minimum Gasteiger partial charge on any atom is -0.456 e. The highest BCUT2D eigenvalue weighted by Crippen LogP contribution is 2.22. The summed E-state index contributed by atoms with van der Waals surface area (Å²) >= 11 is 0. The third-order valence-electron chi connectivity index (χ3n) is 4.33. The fourth-order valence-electron chi connectivity index (χ4n) is 2.85. The molecular formula is C21H19N3O6. The van der Waals surface area contributed by atoms with E-state index in [0.717, 1.165) is 10.5 Å². The molecule has 0 aromatic heterocycles.